The number of hydrogen-bond donors (Lipinski definition) is 0. The van der Waals surface area contributed by atoms with Crippen molar-refractivity contribution in [1.82, 2.24) is 10.2 Å². The van der Waals surface area contributed by atoms with Gasteiger partial charge in [-0.3, -0.25) is 0 Å². The molecule has 0 amide bonds. The lowest BCUT2D eigenvalue weighted by atomic mass is 9.96. The molecule has 1 aromatic carbocycles. The number of hydrogen-bond acceptors (Lipinski definition) is 4. The summed E-state index contributed by atoms with van der Waals surface area (Å²) in [6, 6.07) is 10.1. The highest BCUT2D eigenvalue weighted by Gasteiger charge is 2.21. The standard InChI is InChI=1S/C17H20BrN3O/c1-2-21(17-7-4-10-19-20-17)12-13-11-14(18)8-9-16(13)22-15-5-3-6-15/h4,7-11,15H,2-3,5-6,12H2,1H3. The summed E-state index contributed by atoms with van der Waals surface area (Å²) >= 11 is 3.56. The number of nitrogens with zero attached hydrogens (tertiary/aromatic N) is 3. The van der Waals surface area contributed by atoms with Gasteiger partial charge in [0.25, 0.3) is 0 Å². The highest BCUT2D eigenvalue weighted by atomic mass is 79.9. The van der Waals surface area contributed by atoms with E-state index < -0.39 is 0 Å². The van der Waals surface area contributed by atoms with Gasteiger partial charge in [0.05, 0.1) is 6.10 Å². The van der Waals surface area contributed by atoms with E-state index >= 15 is 0 Å². The van der Waals surface area contributed by atoms with Gasteiger partial charge in [-0.25, -0.2) is 0 Å². The first-order chi connectivity index (χ1) is 10.8. The van der Waals surface area contributed by atoms with Crippen LogP contribution in [0.4, 0.5) is 5.82 Å². The van der Waals surface area contributed by atoms with Gasteiger partial charge in [0.15, 0.2) is 5.82 Å². The molecule has 5 heteroatoms. The Morgan fingerprint density at radius 1 is 1.32 bits per heavy atom. The maximum atomic E-state index is 6.13. The van der Waals surface area contributed by atoms with Crippen molar-refractivity contribution in [1.29, 1.82) is 0 Å². The van der Waals surface area contributed by atoms with E-state index in [-0.39, 0.29) is 0 Å². The molecule has 0 N–H and O–H groups in total. The number of rotatable bonds is 6. The molecule has 0 spiro atoms. The second-order valence-corrected chi connectivity index (χ2v) is 6.43. The van der Waals surface area contributed by atoms with Crippen LogP contribution in [0.15, 0.2) is 41.0 Å². The summed E-state index contributed by atoms with van der Waals surface area (Å²) < 4.78 is 7.20. The molecule has 0 saturated heterocycles. The predicted octanol–water partition coefficient (Wildman–Crippen LogP) is 4.20. The fraction of sp³-hybridized carbons (Fsp3) is 0.412. The highest BCUT2D eigenvalue weighted by Crippen LogP contribution is 2.30. The van der Waals surface area contributed by atoms with Crippen LogP contribution in [0.25, 0.3) is 0 Å². The van der Waals surface area contributed by atoms with Crippen molar-refractivity contribution in [3.05, 3.63) is 46.6 Å². The predicted molar refractivity (Wildman–Crippen MR) is 91.2 cm³/mol. The van der Waals surface area contributed by atoms with E-state index in [0.717, 1.165) is 42.0 Å². The first-order valence-corrected chi connectivity index (χ1v) is 8.53. The molecule has 1 heterocycles. The second-order valence-electron chi connectivity index (χ2n) is 5.52. The third-order valence-corrected chi connectivity index (χ3v) is 4.49. The summed E-state index contributed by atoms with van der Waals surface area (Å²) in [6.07, 6.45) is 5.68. The van der Waals surface area contributed by atoms with Crippen LogP contribution >= 0.6 is 15.9 Å². The number of halogens is 1. The van der Waals surface area contributed by atoms with Gasteiger partial charge in [0, 0.05) is 29.3 Å². The molecule has 0 bridgehead atoms. The average Bonchev–Trinajstić information content (AvgIpc) is 2.51. The fourth-order valence-corrected chi connectivity index (χ4v) is 2.89. The zero-order valence-corrected chi connectivity index (χ0v) is 14.3. The van der Waals surface area contributed by atoms with Gasteiger partial charge >= 0.3 is 0 Å². The van der Waals surface area contributed by atoms with Gasteiger partial charge in [0.2, 0.25) is 0 Å². The van der Waals surface area contributed by atoms with E-state index in [4.69, 9.17) is 4.74 Å². The first-order valence-electron chi connectivity index (χ1n) is 7.74. The van der Waals surface area contributed by atoms with Gasteiger partial charge in [-0.2, -0.15) is 5.10 Å². The van der Waals surface area contributed by atoms with Gasteiger partial charge in [0.1, 0.15) is 5.75 Å². The molecule has 3 rings (SSSR count). The van der Waals surface area contributed by atoms with Crippen molar-refractivity contribution in [2.24, 2.45) is 0 Å². The van der Waals surface area contributed by atoms with Crippen LogP contribution < -0.4 is 9.64 Å². The molecule has 1 fully saturated rings. The van der Waals surface area contributed by atoms with Crippen molar-refractivity contribution < 1.29 is 4.74 Å². The lowest BCUT2D eigenvalue weighted by molar-refractivity contribution is 0.119. The zero-order valence-electron chi connectivity index (χ0n) is 12.7. The van der Waals surface area contributed by atoms with Crippen LogP contribution in [0.3, 0.4) is 0 Å². The van der Waals surface area contributed by atoms with Crippen molar-refractivity contribution in [2.75, 3.05) is 11.4 Å². The van der Waals surface area contributed by atoms with Gasteiger partial charge < -0.3 is 9.64 Å². The van der Waals surface area contributed by atoms with E-state index in [9.17, 15) is 0 Å². The lowest BCUT2D eigenvalue weighted by Crippen LogP contribution is -2.27. The van der Waals surface area contributed by atoms with Crippen LogP contribution in [0.1, 0.15) is 31.7 Å². The average molecular weight is 362 g/mol. The van der Waals surface area contributed by atoms with Crippen LogP contribution in [0, 0.1) is 0 Å². The maximum absolute atomic E-state index is 6.13. The molecule has 1 aliphatic rings. The second kappa shape index (κ2) is 7.09. The molecule has 22 heavy (non-hydrogen) atoms. The van der Waals surface area contributed by atoms with Gasteiger partial charge in [-0.15, -0.1) is 5.10 Å². The van der Waals surface area contributed by atoms with Crippen molar-refractivity contribution in [3.63, 3.8) is 0 Å². The smallest absolute Gasteiger partial charge is 0.151 e. The monoisotopic (exact) mass is 361 g/mol. The number of ether oxygens (including phenoxy) is 1. The Bertz CT molecular complexity index is 617. The van der Waals surface area contributed by atoms with Gasteiger partial charge in [-0.1, -0.05) is 15.9 Å². The van der Waals surface area contributed by atoms with E-state index in [1.54, 1.807) is 6.20 Å². The summed E-state index contributed by atoms with van der Waals surface area (Å²) in [5.41, 5.74) is 1.17. The minimum atomic E-state index is 0.381. The normalized spacial score (nSPS) is 14.5. The third kappa shape index (κ3) is 3.58. The Hall–Kier alpha value is -1.62. The fourth-order valence-electron chi connectivity index (χ4n) is 2.48. The van der Waals surface area contributed by atoms with Gasteiger partial charge in [-0.05, 0) is 56.5 Å². The Morgan fingerprint density at radius 3 is 2.82 bits per heavy atom. The summed E-state index contributed by atoms with van der Waals surface area (Å²) in [4.78, 5) is 2.20. The minimum Gasteiger partial charge on any atom is -0.490 e. The first kappa shape index (κ1) is 15.3. The van der Waals surface area contributed by atoms with Crippen molar-refractivity contribution >= 4 is 21.7 Å². The summed E-state index contributed by atoms with van der Waals surface area (Å²) in [5.74, 6) is 1.87. The Balaban J connectivity index is 1.81. The van der Waals surface area contributed by atoms with Crippen molar-refractivity contribution in [3.8, 4) is 5.75 Å². The number of aromatic nitrogens is 2. The molecule has 0 aliphatic heterocycles. The van der Waals surface area contributed by atoms with Crippen LogP contribution in [-0.4, -0.2) is 22.8 Å². The number of benzene rings is 1. The van der Waals surface area contributed by atoms with Crippen LogP contribution in [-0.2, 0) is 6.54 Å². The third-order valence-electron chi connectivity index (χ3n) is 3.99. The zero-order chi connectivity index (χ0) is 15.4. The molecule has 0 atom stereocenters. The SMILES string of the molecule is CCN(Cc1cc(Br)ccc1OC1CCC1)c1cccnn1. The molecule has 116 valence electrons. The van der Waals surface area contributed by atoms with Crippen LogP contribution in [0.2, 0.25) is 0 Å². The molecular weight excluding hydrogens is 342 g/mol. The molecule has 2 aromatic rings. The molecule has 0 radical (unpaired) electrons. The molecular formula is C17H20BrN3O. The Morgan fingerprint density at radius 2 is 2.18 bits per heavy atom. The highest BCUT2D eigenvalue weighted by molar-refractivity contribution is 9.10. The quantitative estimate of drug-likeness (QED) is 0.772. The van der Waals surface area contributed by atoms with Crippen LogP contribution in [0.5, 0.6) is 5.75 Å². The largest absolute Gasteiger partial charge is 0.490 e. The maximum Gasteiger partial charge on any atom is 0.151 e. The van der Waals surface area contributed by atoms with E-state index in [1.807, 2.05) is 18.2 Å². The van der Waals surface area contributed by atoms with E-state index in [0.29, 0.717) is 6.10 Å². The van der Waals surface area contributed by atoms with Crippen molar-refractivity contribution in [2.45, 2.75) is 38.8 Å². The molecule has 1 saturated carbocycles. The summed E-state index contributed by atoms with van der Waals surface area (Å²) in [6.45, 7) is 3.75. The Labute approximate surface area is 139 Å². The van der Waals surface area contributed by atoms with E-state index in [1.165, 1.54) is 12.0 Å². The molecule has 0 unspecified atom stereocenters. The summed E-state index contributed by atoms with van der Waals surface area (Å²) in [5, 5.41) is 8.18. The van der Waals surface area contributed by atoms with E-state index in [2.05, 4.69) is 50.1 Å². The number of anilines is 1. The minimum absolute atomic E-state index is 0.381. The molecule has 1 aromatic heterocycles. The molecule has 1 aliphatic carbocycles. The topological polar surface area (TPSA) is 38.2 Å². The summed E-state index contributed by atoms with van der Waals surface area (Å²) in [7, 11) is 0. The Kier molecular flexibility index (Phi) is 4.93. The lowest BCUT2D eigenvalue weighted by Gasteiger charge is -2.29. The molecule has 4 nitrogen and oxygen atoms in total.